The minimum Gasteiger partial charge on any atom is -0.495 e. The van der Waals surface area contributed by atoms with Crippen LogP contribution in [0.1, 0.15) is 12.6 Å². The second-order valence-electron chi connectivity index (χ2n) is 6.18. The maximum Gasteiger partial charge on any atom is 0.244 e. The van der Waals surface area contributed by atoms with Gasteiger partial charge >= 0.3 is 0 Å². The average Bonchev–Trinajstić information content (AvgIpc) is 2.99. The lowest BCUT2D eigenvalue weighted by molar-refractivity contribution is -0.134. The van der Waals surface area contributed by atoms with Crippen LogP contribution in [0.3, 0.4) is 0 Å². The van der Waals surface area contributed by atoms with Gasteiger partial charge in [-0.15, -0.1) is 0 Å². The number of ether oxygens (including phenoxy) is 1. The number of benzene rings is 1. The van der Waals surface area contributed by atoms with Gasteiger partial charge in [0.1, 0.15) is 12.3 Å². The number of anilines is 1. The van der Waals surface area contributed by atoms with Crippen LogP contribution in [0.2, 0.25) is 0 Å². The zero-order valence-electron chi connectivity index (χ0n) is 14.5. The molecule has 2 heterocycles. The third-order valence-electron chi connectivity index (χ3n) is 4.59. The van der Waals surface area contributed by atoms with E-state index in [4.69, 9.17) is 4.74 Å². The van der Waals surface area contributed by atoms with Gasteiger partial charge in [0.05, 0.1) is 12.8 Å². The number of piperazine rings is 1. The van der Waals surface area contributed by atoms with E-state index in [0.717, 1.165) is 30.2 Å². The maximum absolute atomic E-state index is 12.6. The number of aryl methyl sites for hydroxylation is 1. The van der Waals surface area contributed by atoms with E-state index in [1.807, 2.05) is 36.1 Å². The van der Waals surface area contributed by atoms with Crippen LogP contribution < -0.4 is 9.64 Å². The lowest BCUT2D eigenvalue weighted by Crippen LogP contribution is -2.55. The van der Waals surface area contributed by atoms with Crippen molar-refractivity contribution in [2.45, 2.75) is 26.4 Å². The molecule has 6 nitrogen and oxygen atoms in total. The molecule has 128 valence electrons. The molecule has 1 aliphatic heterocycles. The van der Waals surface area contributed by atoms with Gasteiger partial charge < -0.3 is 14.5 Å². The number of para-hydroxylation sites is 2. The monoisotopic (exact) mass is 328 g/mol. The normalized spacial score (nSPS) is 17.9. The third kappa shape index (κ3) is 3.22. The number of rotatable bonds is 4. The molecule has 0 bridgehead atoms. The molecule has 1 aliphatic rings. The number of hydrogen-bond acceptors (Lipinski definition) is 4. The first-order chi connectivity index (χ1) is 11.6. The fourth-order valence-corrected chi connectivity index (χ4v) is 3.22. The Bertz CT molecular complexity index is 713. The van der Waals surface area contributed by atoms with Crippen LogP contribution in [0, 0.1) is 6.92 Å². The molecule has 0 saturated carbocycles. The smallest absolute Gasteiger partial charge is 0.244 e. The Kier molecular flexibility index (Phi) is 4.74. The van der Waals surface area contributed by atoms with Gasteiger partial charge in [-0.2, -0.15) is 5.10 Å². The number of nitrogens with zero attached hydrogens (tertiary/aromatic N) is 4. The van der Waals surface area contributed by atoms with Gasteiger partial charge in [-0.1, -0.05) is 12.1 Å². The lowest BCUT2D eigenvalue weighted by Gasteiger charge is -2.41. The van der Waals surface area contributed by atoms with Gasteiger partial charge in [0.2, 0.25) is 5.91 Å². The highest BCUT2D eigenvalue weighted by Gasteiger charge is 2.28. The van der Waals surface area contributed by atoms with Crippen LogP contribution in [-0.2, 0) is 11.3 Å². The van der Waals surface area contributed by atoms with E-state index in [2.05, 4.69) is 23.0 Å². The Morgan fingerprint density at radius 3 is 2.75 bits per heavy atom. The highest BCUT2D eigenvalue weighted by atomic mass is 16.5. The standard InChI is InChI=1S/C18H24N4O2/c1-14-8-9-19-22(14)13-18(23)21-11-10-20(12-15(21)2)16-6-4-5-7-17(16)24-3/h4-9,15H,10-13H2,1-3H3. The number of hydrogen-bond donors (Lipinski definition) is 0. The Morgan fingerprint density at radius 2 is 2.08 bits per heavy atom. The summed E-state index contributed by atoms with van der Waals surface area (Å²) in [5.41, 5.74) is 2.09. The van der Waals surface area contributed by atoms with Crippen LogP contribution >= 0.6 is 0 Å². The Labute approximate surface area is 142 Å². The molecule has 0 radical (unpaired) electrons. The minimum atomic E-state index is 0.119. The molecule has 24 heavy (non-hydrogen) atoms. The fourth-order valence-electron chi connectivity index (χ4n) is 3.22. The molecule has 2 aromatic rings. The van der Waals surface area contributed by atoms with Gasteiger partial charge in [-0.05, 0) is 32.0 Å². The van der Waals surface area contributed by atoms with Crippen molar-refractivity contribution in [3.8, 4) is 5.75 Å². The minimum absolute atomic E-state index is 0.119. The predicted molar refractivity (Wildman–Crippen MR) is 93.3 cm³/mol. The van der Waals surface area contributed by atoms with E-state index < -0.39 is 0 Å². The van der Waals surface area contributed by atoms with Gasteiger partial charge in [-0.25, -0.2) is 0 Å². The topological polar surface area (TPSA) is 50.6 Å². The molecule has 1 aromatic heterocycles. The van der Waals surface area contributed by atoms with Crippen molar-refractivity contribution in [3.05, 3.63) is 42.2 Å². The SMILES string of the molecule is COc1ccccc1N1CCN(C(=O)Cn2nccc2C)C(C)C1. The van der Waals surface area contributed by atoms with Crippen LogP contribution in [0.25, 0.3) is 0 Å². The van der Waals surface area contributed by atoms with Crippen LogP contribution in [0.4, 0.5) is 5.69 Å². The zero-order valence-corrected chi connectivity index (χ0v) is 14.5. The highest BCUT2D eigenvalue weighted by molar-refractivity contribution is 5.77. The number of aromatic nitrogens is 2. The number of carbonyl (C=O) groups is 1. The van der Waals surface area contributed by atoms with Gasteiger partial charge in [0.25, 0.3) is 0 Å². The molecule has 1 amide bonds. The van der Waals surface area contributed by atoms with Crippen molar-refractivity contribution in [2.24, 2.45) is 0 Å². The van der Waals surface area contributed by atoms with E-state index >= 15 is 0 Å². The zero-order chi connectivity index (χ0) is 17.1. The average molecular weight is 328 g/mol. The second kappa shape index (κ2) is 6.95. The Morgan fingerprint density at radius 1 is 1.29 bits per heavy atom. The summed E-state index contributed by atoms with van der Waals surface area (Å²) < 4.78 is 7.21. The molecule has 1 aromatic carbocycles. The molecular weight excluding hydrogens is 304 g/mol. The van der Waals surface area contributed by atoms with E-state index in [0.29, 0.717) is 13.1 Å². The van der Waals surface area contributed by atoms with E-state index in [1.54, 1.807) is 18.0 Å². The molecule has 6 heteroatoms. The summed E-state index contributed by atoms with van der Waals surface area (Å²) in [6.07, 6.45) is 1.73. The second-order valence-corrected chi connectivity index (χ2v) is 6.18. The summed E-state index contributed by atoms with van der Waals surface area (Å²) in [6, 6.07) is 10.1. The molecule has 1 unspecified atom stereocenters. The first-order valence-electron chi connectivity index (χ1n) is 8.26. The van der Waals surface area contributed by atoms with Crippen LogP contribution in [-0.4, -0.2) is 53.4 Å². The van der Waals surface area contributed by atoms with Crippen molar-refractivity contribution in [3.63, 3.8) is 0 Å². The molecule has 1 atom stereocenters. The van der Waals surface area contributed by atoms with Crippen LogP contribution in [0.5, 0.6) is 5.75 Å². The fraction of sp³-hybridized carbons (Fsp3) is 0.444. The van der Waals surface area contributed by atoms with E-state index in [9.17, 15) is 4.79 Å². The van der Waals surface area contributed by atoms with Crippen molar-refractivity contribution in [1.29, 1.82) is 0 Å². The summed E-state index contributed by atoms with van der Waals surface area (Å²) in [5.74, 6) is 0.991. The number of carbonyl (C=O) groups excluding carboxylic acids is 1. The first kappa shape index (κ1) is 16.4. The third-order valence-corrected chi connectivity index (χ3v) is 4.59. The molecular formula is C18H24N4O2. The van der Waals surface area contributed by atoms with Crippen molar-refractivity contribution in [1.82, 2.24) is 14.7 Å². The molecule has 1 saturated heterocycles. The summed E-state index contributed by atoms with van der Waals surface area (Å²) in [6.45, 7) is 6.66. The van der Waals surface area contributed by atoms with E-state index in [-0.39, 0.29) is 11.9 Å². The van der Waals surface area contributed by atoms with Crippen molar-refractivity contribution < 1.29 is 9.53 Å². The predicted octanol–water partition coefficient (Wildman–Crippen LogP) is 1.94. The summed E-state index contributed by atoms with van der Waals surface area (Å²) in [5, 5.41) is 4.20. The number of amides is 1. The summed E-state index contributed by atoms with van der Waals surface area (Å²) in [7, 11) is 1.69. The molecule has 0 N–H and O–H groups in total. The van der Waals surface area contributed by atoms with Crippen molar-refractivity contribution >= 4 is 11.6 Å². The van der Waals surface area contributed by atoms with Gasteiger partial charge in [-0.3, -0.25) is 9.48 Å². The largest absolute Gasteiger partial charge is 0.495 e. The van der Waals surface area contributed by atoms with Gasteiger partial charge in [0.15, 0.2) is 0 Å². The summed E-state index contributed by atoms with van der Waals surface area (Å²) in [4.78, 5) is 16.9. The van der Waals surface area contributed by atoms with Crippen LogP contribution in [0.15, 0.2) is 36.5 Å². The van der Waals surface area contributed by atoms with E-state index in [1.165, 1.54) is 0 Å². The quantitative estimate of drug-likeness (QED) is 0.861. The molecule has 1 fully saturated rings. The molecule has 0 aliphatic carbocycles. The lowest BCUT2D eigenvalue weighted by atomic mass is 10.1. The Hall–Kier alpha value is -2.50. The summed E-state index contributed by atoms with van der Waals surface area (Å²) >= 11 is 0. The number of methoxy groups -OCH3 is 1. The Balaban J connectivity index is 1.67. The first-order valence-corrected chi connectivity index (χ1v) is 8.26. The van der Waals surface area contributed by atoms with Gasteiger partial charge in [0, 0.05) is 37.6 Å². The molecule has 0 spiro atoms. The maximum atomic E-state index is 12.6. The molecule has 3 rings (SSSR count). The highest BCUT2D eigenvalue weighted by Crippen LogP contribution is 2.29. The van der Waals surface area contributed by atoms with Crippen molar-refractivity contribution in [2.75, 3.05) is 31.6 Å².